The van der Waals surface area contributed by atoms with Crippen LogP contribution in [0.5, 0.6) is 11.5 Å². The average Bonchev–Trinajstić information content (AvgIpc) is 2.87. The van der Waals surface area contributed by atoms with Crippen molar-refractivity contribution in [3.63, 3.8) is 0 Å². The summed E-state index contributed by atoms with van der Waals surface area (Å²) >= 11 is 0. The van der Waals surface area contributed by atoms with Crippen molar-refractivity contribution in [2.75, 3.05) is 37.1 Å². The van der Waals surface area contributed by atoms with Crippen LogP contribution in [-0.4, -0.2) is 40.1 Å². The smallest absolute Gasteiger partial charge is 0.214 e. The van der Waals surface area contributed by atoms with Crippen molar-refractivity contribution < 1.29 is 19.1 Å². The van der Waals surface area contributed by atoms with Gasteiger partial charge in [-0.25, -0.2) is 0 Å². The summed E-state index contributed by atoms with van der Waals surface area (Å²) in [6.07, 6.45) is 2.47. The molecule has 0 aliphatic carbocycles. The van der Waals surface area contributed by atoms with E-state index in [2.05, 4.69) is 0 Å². The molecule has 6 heteroatoms. The van der Waals surface area contributed by atoms with Crippen LogP contribution in [0.15, 0.2) is 6.07 Å². The van der Waals surface area contributed by atoms with Gasteiger partial charge in [-0.2, -0.15) is 0 Å². The summed E-state index contributed by atoms with van der Waals surface area (Å²) < 4.78 is 10.8. The van der Waals surface area contributed by atoms with Crippen molar-refractivity contribution >= 4 is 24.2 Å². The molecule has 0 N–H and O–H groups in total. The highest BCUT2D eigenvalue weighted by Gasteiger charge is 2.39. The molecule has 3 rings (SSSR count). The molecule has 0 saturated heterocycles. The first-order valence-corrected chi connectivity index (χ1v) is 6.47. The molecule has 1 unspecified atom stereocenters. The van der Waals surface area contributed by atoms with Gasteiger partial charge in [0.25, 0.3) is 0 Å². The Morgan fingerprint density at radius 2 is 1.95 bits per heavy atom. The molecule has 20 heavy (non-hydrogen) atoms. The van der Waals surface area contributed by atoms with Crippen LogP contribution >= 0.6 is 0 Å². The summed E-state index contributed by atoms with van der Waals surface area (Å²) in [6.45, 7) is 1.28. The van der Waals surface area contributed by atoms with Crippen molar-refractivity contribution in [3.05, 3.63) is 11.6 Å². The highest BCUT2D eigenvalue weighted by atomic mass is 16.5. The monoisotopic (exact) mass is 276 g/mol. The molecule has 6 nitrogen and oxygen atoms in total. The van der Waals surface area contributed by atoms with Crippen molar-refractivity contribution in [2.45, 2.75) is 12.3 Å². The van der Waals surface area contributed by atoms with E-state index >= 15 is 0 Å². The average molecular weight is 276 g/mol. The zero-order valence-corrected chi connectivity index (χ0v) is 11.5. The Balaban J connectivity index is 2.29. The number of nitrogens with zero attached hydrogens (tertiary/aromatic N) is 2. The summed E-state index contributed by atoms with van der Waals surface area (Å²) in [4.78, 5) is 25.9. The molecule has 0 radical (unpaired) electrons. The Morgan fingerprint density at radius 1 is 1.20 bits per heavy atom. The van der Waals surface area contributed by atoms with Gasteiger partial charge < -0.3 is 19.3 Å². The Bertz CT molecular complexity index is 573. The van der Waals surface area contributed by atoms with Crippen molar-refractivity contribution in [3.8, 4) is 11.5 Å². The third-order valence-corrected chi connectivity index (χ3v) is 4.06. The molecule has 2 heterocycles. The minimum atomic E-state index is 0.251. The minimum absolute atomic E-state index is 0.251. The molecule has 1 aromatic carbocycles. The van der Waals surface area contributed by atoms with Crippen LogP contribution in [-0.2, 0) is 9.59 Å². The number of ether oxygens (including phenoxy) is 2. The molecule has 106 valence electrons. The van der Waals surface area contributed by atoms with Gasteiger partial charge in [-0.15, -0.1) is 0 Å². The Kier molecular flexibility index (Phi) is 3.00. The second-order valence-corrected chi connectivity index (χ2v) is 4.94. The van der Waals surface area contributed by atoms with Gasteiger partial charge in [0.2, 0.25) is 12.8 Å². The number of benzene rings is 1. The second-order valence-electron chi connectivity index (χ2n) is 4.94. The van der Waals surface area contributed by atoms with Crippen LogP contribution < -0.4 is 19.3 Å². The molecular weight excluding hydrogens is 260 g/mol. The molecular formula is C14H16N2O4. The highest BCUT2D eigenvalue weighted by molar-refractivity contribution is 5.94. The lowest BCUT2D eigenvalue weighted by molar-refractivity contribution is -0.108. The molecule has 1 aromatic rings. The third-order valence-electron chi connectivity index (χ3n) is 4.06. The summed E-state index contributed by atoms with van der Waals surface area (Å²) in [7, 11) is 3.10. The van der Waals surface area contributed by atoms with Crippen molar-refractivity contribution in [1.29, 1.82) is 0 Å². The minimum Gasteiger partial charge on any atom is -0.493 e. The van der Waals surface area contributed by atoms with Gasteiger partial charge in [0.15, 0.2) is 11.5 Å². The normalized spacial score (nSPS) is 19.6. The molecule has 0 spiro atoms. The van der Waals surface area contributed by atoms with Gasteiger partial charge in [0.1, 0.15) is 0 Å². The van der Waals surface area contributed by atoms with Gasteiger partial charge in [0.05, 0.1) is 25.6 Å². The number of carbonyl (C=O) groups is 2. The lowest BCUT2D eigenvalue weighted by atomic mass is 9.91. The lowest BCUT2D eigenvalue weighted by Crippen LogP contribution is -2.30. The molecule has 0 bridgehead atoms. The lowest BCUT2D eigenvalue weighted by Gasteiger charge is -2.29. The van der Waals surface area contributed by atoms with E-state index in [1.165, 1.54) is 0 Å². The van der Waals surface area contributed by atoms with E-state index in [0.717, 1.165) is 36.2 Å². The van der Waals surface area contributed by atoms with E-state index in [-0.39, 0.29) is 5.92 Å². The Hall–Kier alpha value is -2.24. The maximum absolute atomic E-state index is 11.3. The number of rotatable bonds is 4. The van der Waals surface area contributed by atoms with Gasteiger partial charge in [-0.3, -0.25) is 9.59 Å². The molecule has 2 aliphatic heterocycles. The highest BCUT2D eigenvalue weighted by Crippen LogP contribution is 2.54. The van der Waals surface area contributed by atoms with E-state index in [0.29, 0.717) is 24.6 Å². The van der Waals surface area contributed by atoms with E-state index in [1.54, 1.807) is 24.0 Å². The summed E-state index contributed by atoms with van der Waals surface area (Å²) in [5.41, 5.74) is 2.55. The third kappa shape index (κ3) is 1.57. The molecule has 0 fully saturated rings. The fourth-order valence-electron chi connectivity index (χ4n) is 3.18. The summed E-state index contributed by atoms with van der Waals surface area (Å²) in [5.74, 6) is 1.33. The molecule has 2 amide bonds. The van der Waals surface area contributed by atoms with E-state index in [9.17, 15) is 9.59 Å². The number of anilines is 2. The van der Waals surface area contributed by atoms with Crippen molar-refractivity contribution in [1.82, 2.24) is 0 Å². The largest absolute Gasteiger partial charge is 0.493 e. The van der Waals surface area contributed by atoms with Crippen LogP contribution in [0.4, 0.5) is 11.4 Å². The first-order chi connectivity index (χ1) is 9.74. The zero-order valence-electron chi connectivity index (χ0n) is 11.5. The summed E-state index contributed by atoms with van der Waals surface area (Å²) in [6, 6.07) is 1.81. The van der Waals surface area contributed by atoms with Crippen LogP contribution in [0.1, 0.15) is 17.9 Å². The molecule has 0 aromatic heterocycles. The zero-order chi connectivity index (χ0) is 14.3. The predicted molar refractivity (Wildman–Crippen MR) is 73.7 cm³/mol. The number of carbonyl (C=O) groups excluding carboxylic acids is 2. The van der Waals surface area contributed by atoms with Gasteiger partial charge >= 0.3 is 0 Å². The number of methoxy groups -OCH3 is 2. The number of amides is 2. The maximum Gasteiger partial charge on any atom is 0.214 e. The fourth-order valence-corrected chi connectivity index (χ4v) is 3.18. The van der Waals surface area contributed by atoms with Crippen LogP contribution in [0.25, 0.3) is 0 Å². The summed E-state index contributed by atoms with van der Waals surface area (Å²) in [5, 5.41) is 0. The maximum atomic E-state index is 11.3. The van der Waals surface area contributed by atoms with Crippen LogP contribution in [0, 0.1) is 0 Å². The van der Waals surface area contributed by atoms with Gasteiger partial charge in [-0.1, -0.05) is 0 Å². The first kappa shape index (κ1) is 12.8. The van der Waals surface area contributed by atoms with Crippen LogP contribution in [0.2, 0.25) is 0 Å². The Morgan fingerprint density at radius 3 is 2.55 bits per heavy atom. The quantitative estimate of drug-likeness (QED) is 0.774. The SMILES string of the molecule is COc1cc2c3c(c1OC)N(C=O)CC3CCN2C=O. The van der Waals surface area contributed by atoms with Gasteiger partial charge in [-0.05, 0) is 6.42 Å². The van der Waals surface area contributed by atoms with Gasteiger partial charge in [0, 0.05) is 30.6 Å². The Labute approximate surface area is 116 Å². The predicted octanol–water partition coefficient (Wildman–Crippen LogP) is 1.13. The van der Waals surface area contributed by atoms with Crippen molar-refractivity contribution in [2.24, 2.45) is 0 Å². The number of hydrogen-bond donors (Lipinski definition) is 0. The van der Waals surface area contributed by atoms with E-state index < -0.39 is 0 Å². The second kappa shape index (κ2) is 4.70. The van der Waals surface area contributed by atoms with E-state index in [1.807, 2.05) is 6.07 Å². The standard InChI is InChI=1S/C14H16N2O4/c1-19-11-5-10-12-9(3-4-15(10)7-17)6-16(8-18)13(12)14(11)20-2/h5,7-9H,3-4,6H2,1-2H3. The number of hydrogen-bond acceptors (Lipinski definition) is 4. The molecule has 0 saturated carbocycles. The van der Waals surface area contributed by atoms with Crippen LogP contribution in [0.3, 0.4) is 0 Å². The molecule has 2 aliphatic rings. The fraction of sp³-hybridized carbons (Fsp3) is 0.429. The first-order valence-electron chi connectivity index (χ1n) is 6.47. The topological polar surface area (TPSA) is 59.1 Å². The molecule has 1 atom stereocenters. The van der Waals surface area contributed by atoms with E-state index in [4.69, 9.17) is 9.47 Å².